The third kappa shape index (κ3) is 2.70. The lowest BCUT2D eigenvalue weighted by Crippen LogP contribution is -2.37. The minimum absolute atomic E-state index is 0.214. The second-order valence-corrected chi connectivity index (χ2v) is 5.50. The molecule has 0 radical (unpaired) electrons. The molecule has 0 aliphatic heterocycles. The maximum Gasteiger partial charge on any atom is 0.263 e. The van der Waals surface area contributed by atoms with E-state index in [-0.39, 0.29) is 5.41 Å². The summed E-state index contributed by atoms with van der Waals surface area (Å²) in [5.74, 6) is 1.11. The summed E-state index contributed by atoms with van der Waals surface area (Å²) < 4.78 is 3.75. The fourth-order valence-electron chi connectivity index (χ4n) is 1.77. The Morgan fingerprint density at radius 1 is 1.18 bits per heavy atom. The van der Waals surface area contributed by atoms with Crippen molar-refractivity contribution < 1.29 is 4.68 Å². The molecule has 4 nitrogen and oxygen atoms in total. The lowest BCUT2D eigenvalue weighted by atomic mass is 9.92. The van der Waals surface area contributed by atoms with E-state index >= 15 is 0 Å². The number of hydrogen-bond acceptors (Lipinski definition) is 2. The molecule has 0 atom stereocenters. The van der Waals surface area contributed by atoms with Gasteiger partial charge >= 0.3 is 0 Å². The molecule has 0 saturated heterocycles. The molecule has 0 bridgehead atoms. The van der Waals surface area contributed by atoms with Crippen molar-refractivity contribution in [3.05, 3.63) is 36.2 Å². The van der Waals surface area contributed by atoms with E-state index in [1.54, 1.807) is 0 Å². The van der Waals surface area contributed by atoms with Gasteiger partial charge in [-0.05, 0) is 17.5 Å². The highest BCUT2D eigenvalue weighted by molar-refractivity contribution is 5.30. The Kier molecular flexibility index (Phi) is 2.96. The van der Waals surface area contributed by atoms with Crippen molar-refractivity contribution >= 4 is 0 Å². The molecule has 4 heteroatoms. The minimum atomic E-state index is 0.214. The van der Waals surface area contributed by atoms with Gasteiger partial charge in [-0.3, -0.25) is 0 Å². The zero-order chi connectivity index (χ0) is 12.5. The molecule has 0 aliphatic carbocycles. The summed E-state index contributed by atoms with van der Waals surface area (Å²) in [7, 11) is 1.94. The zero-order valence-corrected chi connectivity index (χ0v) is 10.9. The molecule has 1 heterocycles. The zero-order valence-electron chi connectivity index (χ0n) is 10.9. The summed E-state index contributed by atoms with van der Waals surface area (Å²) in [6, 6.07) is 10.1. The molecule has 2 rings (SSSR count). The van der Waals surface area contributed by atoms with Gasteiger partial charge in [0.05, 0.1) is 7.05 Å². The molecule has 0 N–H and O–H groups in total. The van der Waals surface area contributed by atoms with Gasteiger partial charge in [0.25, 0.3) is 5.82 Å². The average molecular weight is 231 g/mol. The van der Waals surface area contributed by atoms with Crippen molar-refractivity contribution in [3.8, 4) is 5.69 Å². The summed E-state index contributed by atoms with van der Waals surface area (Å²) >= 11 is 0. The molecule has 0 unspecified atom stereocenters. The molecule has 90 valence electrons. The number of tetrazole rings is 1. The van der Waals surface area contributed by atoms with Crippen LogP contribution in [0.2, 0.25) is 0 Å². The van der Waals surface area contributed by atoms with Crippen molar-refractivity contribution in [1.82, 2.24) is 15.1 Å². The molecule has 0 fully saturated rings. The summed E-state index contributed by atoms with van der Waals surface area (Å²) in [6.45, 7) is 6.65. The van der Waals surface area contributed by atoms with Crippen LogP contribution in [0.25, 0.3) is 5.69 Å². The van der Waals surface area contributed by atoms with Crippen LogP contribution in [0.5, 0.6) is 0 Å². The number of rotatable bonds is 2. The van der Waals surface area contributed by atoms with Gasteiger partial charge in [-0.25, -0.2) is 0 Å². The summed E-state index contributed by atoms with van der Waals surface area (Å²) in [5, 5.41) is 8.31. The first-order chi connectivity index (χ1) is 7.97. The third-order valence-electron chi connectivity index (χ3n) is 2.57. The van der Waals surface area contributed by atoms with Crippen LogP contribution in [0.1, 0.15) is 26.6 Å². The van der Waals surface area contributed by atoms with E-state index in [1.807, 2.05) is 46.7 Å². The van der Waals surface area contributed by atoms with Crippen LogP contribution in [0.15, 0.2) is 30.3 Å². The Labute approximate surface area is 102 Å². The van der Waals surface area contributed by atoms with Crippen LogP contribution in [0.4, 0.5) is 0 Å². The monoisotopic (exact) mass is 231 g/mol. The molecule has 2 aromatic rings. The standard InChI is InChI=1S/C13H19N4/c1-13(2,3)10-12-16(4)14-15-17(12)11-8-6-5-7-9-11/h5-9H,10H2,1-4H3/q+1. The second kappa shape index (κ2) is 4.28. The number of nitrogens with zero attached hydrogens (tertiary/aromatic N) is 4. The quantitative estimate of drug-likeness (QED) is 0.737. The van der Waals surface area contributed by atoms with Crippen LogP contribution in [-0.2, 0) is 13.5 Å². The van der Waals surface area contributed by atoms with Crippen LogP contribution in [-0.4, -0.2) is 15.1 Å². The SMILES string of the molecule is C[n+]1nnn(-c2ccccc2)c1CC(C)(C)C. The number of para-hydroxylation sites is 1. The Morgan fingerprint density at radius 3 is 2.41 bits per heavy atom. The van der Waals surface area contributed by atoms with E-state index < -0.39 is 0 Å². The van der Waals surface area contributed by atoms with E-state index in [0.717, 1.165) is 17.9 Å². The van der Waals surface area contributed by atoms with Gasteiger partial charge in [-0.15, -0.1) is 4.68 Å². The van der Waals surface area contributed by atoms with Crippen LogP contribution in [0, 0.1) is 5.41 Å². The number of hydrogen-bond donors (Lipinski definition) is 0. The van der Waals surface area contributed by atoms with Crippen LogP contribution < -0.4 is 4.68 Å². The predicted molar refractivity (Wildman–Crippen MR) is 65.7 cm³/mol. The summed E-state index contributed by atoms with van der Waals surface area (Å²) in [6.07, 6.45) is 0.936. The third-order valence-corrected chi connectivity index (χ3v) is 2.57. The lowest BCUT2D eigenvalue weighted by Gasteiger charge is -2.15. The molecule has 0 aliphatic rings. The maximum atomic E-state index is 4.20. The van der Waals surface area contributed by atoms with Gasteiger partial charge in [0.15, 0.2) is 5.21 Å². The topological polar surface area (TPSA) is 34.6 Å². The summed E-state index contributed by atoms with van der Waals surface area (Å²) in [5.41, 5.74) is 1.27. The molecule has 0 spiro atoms. The van der Waals surface area contributed by atoms with Gasteiger partial charge in [0.2, 0.25) is 0 Å². The van der Waals surface area contributed by atoms with Gasteiger partial charge in [0, 0.05) is 6.42 Å². The Balaban J connectivity index is 2.43. The van der Waals surface area contributed by atoms with Crippen LogP contribution >= 0.6 is 0 Å². The molecule has 0 saturated carbocycles. The van der Waals surface area contributed by atoms with Crippen molar-refractivity contribution in [2.75, 3.05) is 0 Å². The van der Waals surface area contributed by atoms with Gasteiger partial charge in [0.1, 0.15) is 10.9 Å². The first-order valence-corrected chi connectivity index (χ1v) is 5.84. The Hall–Kier alpha value is -1.71. The Morgan fingerprint density at radius 2 is 1.82 bits per heavy atom. The number of aromatic nitrogens is 4. The highest BCUT2D eigenvalue weighted by Gasteiger charge is 2.25. The van der Waals surface area contributed by atoms with Crippen molar-refractivity contribution in [2.24, 2.45) is 12.5 Å². The minimum Gasteiger partial charge on any atom is -0.140 e. The van der Waals surface area contributed by atoms with Gasteiger partial charge < -0.3 is 0 Å². The van der Waals surface area contributed by atoms with E-state index in [9.17, 15) is 0 Å². The molecule has 1 aromatic heterocycles. The second-order valence-electron chi connectivity index (χ2n) is 5.50. The molecule has 0 amide bonds. The first-order valence-electron chi connectivity index (χ1n) is 5.84. The number of aryl methyl sites for hydroxylation is 1. The fourth-order valence-corrected chi connectivity index (χ4v) is 1.77. The van der Waals surface area contributed by atoms with E-state index in [2.05, 4.69) is 31.2 Å². The van der Waals surface area contributed by atoms with Crippen molar-refractivity contribution in [1.29, 1.82) is 0 Å². The van der Waals surface area contributed by atoms with Gasteiger partial charge in [-0.2, -0.15) is 0 Å². The normalized spacial score (nSPS) is 11.8. The van der Waals surface area contributed by atoms with Crippen LogP contribution in [0.3, 0.4) is 0 Å². The molecule has 17 heavy (non-hydrogen) atoms. The van der Waals surface area contributed by atoms with Crippen molar-refractivity contribution in [2.45, 2.75) is 27.2 Å². The average Bonchev–Trinajstić information content (AvgIpc) is 2.60. The largest absolute Gasteiger partial charge is 0.263 e. The first kappa shape index (κ1) is 11.8. The highest BCUT2D eigenvalue weighted by Crippen LogP contribution is 2.19. The maximum absolute atomic E-state index is 4.20. The summed E-state index contributed by atoms with van der Waals surface area (Å²) in [4.78, 5) is 0. The molecular weight excluding hydrogens is 212 g/mol. The Bertz CT molecular complexity index is 494. The molecular formula is C13H19N4+. The number of benzene rings is 1. The highest BCUT2D eigenvalue weighted by atomic mass is 15.6. The fraction of sp³-hybridized carbons (Fsp3) is 0.462. The molecule has 1 aromatic carbocycles. The van der Waals surface area contributed by atoms with Crippen molar-refractivity contribution in [3.63, 3.8) is 0 Å². The van der Waals surface area contributed by atoms with E-state index in [0.29, 0.717) is 0 Å². The van der Waals surface area contributed by atoms with E-state index in [4.69, 9.17) is 0 Å². The smallest absolute Gasteiger partial charge is 0.140 e. The van der Waals surface area contributed by atoms with Gasteiger partial charge in [-0.1, -0.05) is 43.7 Å². The van der Waals surface area contributed by atoms with E-state index in [1.165, 1.54) is 0 Å². The predicted octanol–water partition coefficient (Wildman–Crippen LogP) is 1.68. The lowest BCUT2D eigenvalue weighted by molar-refractivity contribution is -0.739.